The number of pyridine rings is 1. The van der Waals surface area contributed by atoms with Gasteiger partial charge in [0, 0.05) is 31.4 Å². The number of hydrogen-bond donors (Lipinski definition) is 1. The topological polar surface area (TPSA) is 53.9 Å². The summed E-state index contributed by atoms with van der Waals surface area (Å²) < 4.78 is 0. The first kappa shape index (κ1) is 19.9. The van der Waals surface area contributed by atoms with Gasteiger partial charge in [0.15, 0.2) is 5.82 Å². The van der Waals surface area contributed by atoms with Gasteiger partial charge in [-0.05, 0) is 51.3 Å². The highest BCUT2D eigenvalue weighted by molar-refractivity contribution is 5.78. The molecule has 0 spiro atoms. The molecular formula is C21H31N5. The molecule has 0 atom stereocenters. The Bertz CT molecular complexity index is 808. The van der Waals surface area contributed by atoms with E-state index in [1.165, 1.54) is 0 Å². The van der Waals surface area contributed by atoms with Crippen LogP contribution in [0.1, 0.15) is 57.6 Å². The highest BCUT2D eigenvalue weighted by Crippen LogP contribution is 2.32. The summed E-state index contributed by atoms with van der Waals surface area (Å²) >= 11 is 0. The minimum absolute atomic E-state index is 0.326. The lowest BCUT2D eigenvalue weighted by Gasteiger charge is -2.26. The second-order valence-corrected chi connectivity index (χ2v) is 7.35. The Kier molecular flexibility index (Phi) is 6.01. The number of nitrogens with one attached hydrogen (secondary N) is 1. The highest BCUT2D eigenvalue weighted by Gasteiger charge is 2.20. The van der Waals surface area contributed by atoms with E-state index in [1.807, 2.05) is 27.9 Å². The Labute approximate surface area is 157 Å². The number of hydrogen-bond acceptors (Lipinski definition) is 5. The van der Waals surface area contributed by atoms with Crippen molar-refractivity contribution in [3.63, 3.8) is 0 Å². The van der Waals surface area contributed by atoms with Crippen molar-refractivity contribution in [2.75, 3.05) is 24.3 Å². The molecule has 0 saturated carbocycles. The quantitative estimate of drug-likeness (QED) is 0.801. The molecule has 2 aromatic heterocycles. The summed E-state index contributed by atoms with van der Waals surface area (Å²) in [6, 6.07) is 4.47. The minimum atomic E-state index is 0.326. The summed E-state index contributed by atoms with van der Waals surface area (Å²) in [6.07, 6.45) is 0. The average molecular weight is 354 g/mol. The highest BCUT2D eigenvalue weighted by atomic mass is 15.2. The van der Waals surface area contributed by atoms with E-state index < -0.39 is 0 Å². The zero-order valence-corrected chi connectivity index (χ0v) is 17.3. The third kappa shape index (κ3) is 3.87. The van der Waals surface area contributed by atoms with E-state index in [0.717, 1.165) is 45.5 Å². The largest absolute Gasteiger partial charge is 0.373 e. The summed E-state index contributed by atoms with van der Waals surface area (Å²) in [6.45, 7) is 16.6. The first-order valence-corrected chi connectivity index (χ1v) is 9.13. The second kappa shape index (κ2) is 7.85. The molecule has 2 heterocycles. The molecule has 0 aliphatic heterocycles. The fourth-order valence-corrected chi connectivity index (χ4v) is 2.72. The van der Waals surface area contributed by atoms with Gasteiger partial charge in [0.25, 0.3) is 0 Å². The molecule has 0 bridgehead atoms. The van der Waals surface area contributed by atoms with Crippen LogP contribution in [0.3, 0.4) is 0 Å². The Morgan fingerprint density at radius 2 is 1.77 bits per heavy atom. The van der Waals surface area contributed by atoms with Gasteiger partial charge in [-0.15, -0.1) is 0 Å². The van der Waals surface area contributed by atoms with E-state index in [2.05, 4.69) is 56.6 Å². The lowest BCUT2D eigenvalue weighted by atomic mass is 10.1. The smallest absolute Gasteiger partial charge is 0.155 e. The van der Waals surface area contributed by atoms with Crippen LogP contribution in [-0.4, -0.2) is 35.1 Å². The molecule has 2 aromatic rings. The van der Waals surface area contributed by atoms with Crippen LogP contribution in [0.15, 0.2) is 18.7 Å². The minimum Gasteiger partial charge on any atom is -0.373 e. The lowest BCUT2D eigenvalue weighted by Crippen LogP contribution is -2.28. The predicted octanol–water partition coefficient (Wildman–Crippen LogP) is 4.89. The van der Waals surface area contributed by atoms with Crippen molar-refractivity contribution < 1.29 is 0 Å². The standard InChI is InChI=1S/C21H31N5/c1-12(2)17-11-10-16(20(22-8)24-17)19-15(7)23-21(26(9)14(5)6)18(25-19)13(3)4/h10-12,14H,3H2,1-2,4-9H3,(H,22,24). The van der Waals surface area contributed by atoms with E-state index in [1.54, 1.807) is 0 Å². The molecule has 0 saturated heterocycles. The molecule has 0 aromatic carbocycles. The van der Waals surface area contributed by atoms with E-state index in [-0.39, 0.29) is 0 Å². The lowest BCUT2D eigenvalue weighted by molar-refractivity contribution is 0.737. The molecule has 5 heteroatoms. The van der Waals surface area contributed by atoms with Gasteiger partial charge in [-0.25, -0.2) is 15.0 Å². The first-order valence-electron chi connectivity index (χ1n) is 9.13. The number of nitrogens with zero attached hydrogens (tertiary/aromatic N) is 4. The number of allylic oxidation sites excluding steroid dienone is 1. The van der Waals surface area contributed by atoms with E-state index in [9.17, 15) is 0 Å². The number of aromatic nitrogens is 3. The summed E-state index contributed by atoms with van der Waals surface area (Å²) in [7, 11) is 3.93. The second-order valence-electron chi connectivity index (χ2n) is 7.35. The van der Waals surface area contributed by atoms with Crippen molar-refractivity contribution in [1.29, 1.82) is 0 Å². The molecule has 0 aliphatic carbocycles. The zero-order valence-electron chi connectivity index (χ0n) is 17.3. The Morgan fingerprint density at radius 1 is 1.12 bits per heavy atom. The maximum Gasteiger partial charge on any atom is 0.155 e. The van der Waals surface area contributed by atoms with Crippen LogP contribution in [0, 0.1) is 6.92 Å². The normalized spacial score (nSPS) is 11.2. The van der Waals surface area contributed by atoms with Gasteiger partial charge >= 0.3 is 0 Å². The fourth-order valence-electron chi connectivity index (χ4n) is 2.72. The molecule has 0 amide bonds. The zero-order chi connectivity index (χ0) is 19.6. The molecule has 5 nitrogen and oxygen atoms in total. The van der Waals surface area contributed by atoms with E-state index in [0.29, 0.717) is 12.0 Å². The molecule has 1 N–H and O–H groups in total. The summed E-state index contributed by atoms with van der Waals surface area (Å²) in [4.78, 5) is 16.7. The van der Waals surface area contributed by atoms with Crippen LogP contribution >= 0.6 is 0 Å². The fraction of sp³-hybridized carbons (Fsp3) is 0.476. The number of rotatable bonds is 6. The van der Waals surface area contributed by atoms with Gasteiger partial charge in [0.05, 0.1) is 11.4 Å². The van der Waals surface area contributed by atoms with Gasteiger partial charge in [-0.2, -0.15) is 0 Å². The van der Waals surface area contributed by atoms with Gasteiger partial charge < -0.3 is 10.2 Å². The van der Waals surface area contributed by atoms with Crippen LogP contribution in [0.4, 0.5) is 11.6 Å². The van der Waals surface area contributed by atoms with Gasteiger partial charge in [-0.3, -0.25) is 0 Å². The van der Waals surface area contributed by atoms with E-state index in [4.69, 9.17) is 15.0 Å². The third-order valence-electron chi connectivity index (χ3n) is 4.56. The monoisotopic (exact) mass is 353 g/mol. The molecule has 26 heavy (non-hydrogen) atoms. The van der Waals surface area contributed by atoms with E-state index >= 15 is 0 Å². The molecule has 0 fully saturated rings. The SMILES string of the molecule is C=C(C)c1nc(-c2ccc(C(C)C)nc2NC)c(C)nc1N(C)C(C)C. The van der Waals surface area contributed by atoms with Gasteiger partial charge in [-0.1, -0.05) is 20.4 Å². The molecule has 0 radical (unpaired) electrons. The van der Waals surface area contributed by atoms with Crippen LogP contribution in [-0.2, 0) is 0 Å². The number of anilines is 2. The van der Waals surface area contributed by atoms with Crippen molar-refractivity contribution in [2.24, 2.45) is 0 Å². The summed E-state index contributed by atoms with van der Waals surface area (Å²) in [5.41, 5.74) is 5.48. The third-order valence-corrected chi connectivity index (χ3v) is 4.56. The molecule has 0 unspecified atom stereocenters. The number of aryl methyl sites for hydroxylation is 1. The average Bonchev–Trinajstić information content (AvgIpc) is 2.59. The van der Waals surface area contributed by atoms with Crippen molar-refractivity contribution in [3.8, 4) is 11.3 Å². The van der Waals surface area contributed by atoms with Crippen molar-refractivity contribution in [2.45, 2.75) is 53.5 Å². The van der Waals surface area contributed by atoms with Crippen molar-refractivity contribution in [3.05, 3.63) is 35.8 Å². The molecule has 0 aliphatic rings. The van der Waals surface area contributed by atoms with Crippen LogP contribution < -0.4 is 10.2 Å². The molecule has 140 valence electrons. The molecular weight excluding hydrogens is 322 g/mol. The maximum atomic E-state index is 4.94. The van der Waals surface area contributed by atoms with Gasteiger partial charge in [0.2, 0.25) is 0 Å². The summed E-state index contributed by atoms with van der Waals surface area (Å²) in [5, 5.41) is 3.21. The molecule has 2 rings (SSSR count). The van der Waals surface area contributed by atoms with Crippen molar-refractivity contribution >= 4 is 17.2 Å². The Balaban J connectivity index is 2.68. The van der Waals surface area contributed by atoms with Crippen LogP contribution in [0.25, 0.3) is 16.8 Å². The van der Waals surface area contributed by atoms with Crippen LogP contribution in [0.5, 0.6) is 0 Å². The maximum absolute atomic E-state index is 4.94. The Hall–Kier alpha value is -2.43. The summed E-state index contributed by atoms with van der Waals surface area (Å²) in [5.74, 6) is 2.06. The Morgan fingerprint density at radius 3 is 2.27 bits per heavy atom. The first-order chi connectivity index (χ1) is 12.2. The van der Waals surface area contributed by atoms with Gasteiger partial charge in [0.1, 0.15) is 11.5 Å². The van der Waals surface area contributed by atoms with Crippen LogP contribution in [0.2, 0.25) is 0 Å². The van der Waals surface area contributed by atoms with Crippen molar-refractivity contribution in [1.82, 2.24) is 15.0 Å². The predicted molar refractivity (Wildman–Crippen MR) is 112 cm³/mol.